The van der Waals surface area contributed by atoms with E-state index in [1.807, 2.05) is 0 Å². The fraction of sp³-hybridized carbons (Fsp3) is 0.176. The van der Waals surface area contributed by atoms with Crippen molar-refractivity contribution in [1.82, 2.24) is 14.8 Å². The van der Waals surface area contributed by atoms with E-state index in [4.69, 9.17) is 17.0 Å². The molecule has 1 aliphatic heterocycles. The molecule has 0 unspecified atom stereocenters. The molecule has 4 nitrogen and oxygen atoms in total. The first-order chi connectivity index (χ1) is 12.0. The van der Waals surface area contributed by atoms with Crippen molar-refractivity contribution in [3.8, 4) is 0 Å². The number of aromatic amines is 1. The topological polar surface area (TPSA) is 46.1 Å². The first kappa shape index (κ1) is 16.0. The van der Waals surface area contributed by atoms with E-state index in [1.165, 1.54) is 23.1 Å². The van der Waals surface area contributed by atoms with Gasteiger partial charge in [-0.1, -0.05) is 24.3 Å². The molecule has 1 aromatic heterocycles. The normalized spacial score (nSPS) is 22.1. The minimum atomic E-state index is -1.21. The van der Waals surface area contributed by atoms with Crippen molar-refractivity contribution in [2.45, 2.75) is 18.2 Å². The molecule has 2 atom stereocenters. The number of epoxide rings is 1. The number of rotatable bonds is 4. The van der Waals surface area contributed by atoms with E-state index in [0.29, 0.717) is 10.3 Å². The van der Waals surface area contributed by atoms with E-state index < -0.39 is 29.2 Å². The Balaban J connectivity index is 1.82. The van der Waals surface area contributed by atoms with Crippen molar-refractivity contribution in [3.05, 3.63) is 82.1 Å². The minimum Gasteiger partial charge on any atom is -0.354 e. The van der Waals surface area contributed by atoms with Crippen LogP contribution in [0.25, 0.3) is 0 Å². The van der Waals surface area contributed by atoms with Crippen molar-refractivity contribution in [2.24, 2.45) is 0 Å². The summed E-state index contributed by atoms with van der Waals surface area (Å²) in [6.45, 7) is 0.0664. The maximum atomic E-state index is 14.4. The van der Waals surface area contributed by atoms with Crippen LogP contribution in [0.15, 0.2) is 48.8 Å². The molecule has 128 valence electrons. The highest BCUT2D eigenvalue weighted by Gasteiger charge is 2.61. The Kier molecular flexibility index (Phi) is 3.73. The molecule has 4 rings (SSSR count). The van der Waals surface area contributed by atoms with Crippen LogP contribution in [-0.2, 0) is 16.9 Å². The molecule has 3 aromatic rings. The summed E-state index contributed by atoms with van der Waals surface area (Å²) in [6, 6.07) is 9.35. The molecule has 0 saturated carbocycles. The fourth-order valence-corrected chi connectivity index (χ4v) is 3.20. The third-order valence-corrected chi connectivity index (χ3v) is 4.60. The van der Waals surface area contributed by atoms with Gasteiger partial charge in [-0.2, -0.15) is 5.10 Å². The summed E-state index contributed by atoms with van der Waals surface area (Å²) in [5, 5.41) is 4.05. The Bertz CT molecular complexity index is 1000. The Morgan fingerprint density at radius 1 is 1.16 bits per heavy atom. The van der Waals surface area contributed by atoms with Gasteiger partial charge in [0.15, 0.2) is 4.77 Å². The van der Waals surface area contributed by atoms with Crippen LogP contribution in [0.4, 0.5) is 13.2 Å². The highest BCUT2D eigenvalue weighted by molar-refractivity contribution is 7.71. The lowest BCUT2D eigenvalue weighted by Gasteiger charge is -2.15. The molecule has 1 aliphatic rings. The molecule has 0 amide bonds. The fourth-order valence-electron chi connectivity index (χ4n) is 3.04. The lowest BCUT2D eigenvalue weighted by atomic mass is 9.91. The predicted molar refractivity (Wildman–Crippen MR) is 85.7 cm³/mol. The van der Waals surface area contributed by atoms with Crippen LogP contribution < -0.4 is 0 Å². The average molecular weight is 363 g/mol. The Morgan fingerprint density at radius 3 is 2.64 bits per heavy atom. The summed E-state index contributed by atoms with van der Waals surface area (Å²) in [4.78, 5) is 2.74. The first-order valence-electron chi connectivity index (χ1n) is 7.49. The molecule has 0 bridgehead atoms. The zero-order valence-electron chi connectivity index (χ0n) is 12.7. The van der Waals surface area contributed by atoms with Gasteiger partial charge in [0.1, 0.15) is 35.5 Å². The van der Waals surface area contributed by atoms with Gasteiger partial charge in [-0.3, -0.25) is 0 Å². The van der Waals surface area contributed by atoms with E-state index in [0.717, 1.165) is 12.1 Å². The standard InChI is InChI=1S/C17H12F3N3OS/c18-10-5-6-12(14(20)7-10)17(8-23-16(25)21-9-22-23)15(24-17)11-3-1-2-4-13(11)19/h1-7,9,15H,8H2,(H,21,22,25)/t15-,17-/m1/s1. The highest BCUT2D eigenvalue weighted by Crippen LogP contribution is 2.59. The molecule has 2 aromatic carbocycles. The summed E-state index contributed by atoms with van der Waals surface area (Å²) in [6.07, 6.45) is 0.671. The molecule has 8 heteroatoms. The van der Waals surface area contributed by atoms with E-state index in [-0.39, 0.29) is 12.1 Å². The second kappa shape index (κ2) is 5.82. The van der Waals surface area contributed by atoms with Gasteiger partial charge in [0.25, 0.3) is 0 Å². The lowest BCUT2D eigenvalue weighted by Crippen LogP contribution is -2.21. The Morgan fingerprint density at radius 2 is 1.96 bits per heavy atom. The number of hydrogen-bond acceptors (Lipinski definition) is 3. The quantitative estimate of drug-likeness (QED) is 0.562. The number of H-pyrrole nitrogens is 1. The maximum absolute atomic E-state index is 14.4. The minimum absolute atomic E-state index is 0.0664. The number of benzene rings is 2. The third-order valence-electron chi connectivity index (χ3n) is 4.27. The second-order valence-electron chi connectivity index (χ2n) is 5.78. The van der Waals surface area contributed by atoms with Crippen LogP contribution in [0, 0.1) is 22.2 Å². The van der Waals surface area contributed by atoms with Crippen molar-refractivity contribution in [1.29, 1.82) is 0 Å². The molecular weight excluding hydrogens is 351 g/mol. The molecule has 25 heavy (non-hydrogen) atoms. The van der Waals surface area contributed by atoms with Crippen molar-refractivity contribution < 1.29 is 17.9 Å². The van der Waals surface area contributed by atoms with Gasteiger partial charge < -0.3 is 9.72 Å². The van der Waals surface area contributed by atoms with E-state index >= 15 is 0 Å². The van der Waals surface area contributed by atoms with Crippen LogP contribution in [0.3, 0.4) is 0 Å². The molecule has 0 radical (unpaired) electrons. The molecular formula is C17H12F3N3OS. The molecule has 1 fully saturated rings. The number of halogens is 3. The number of aromatic nitrogens is 3. The van der Waals surface area contributed by atoms with Crippen LogP contribution in [-0.4, -0.2) is 14.8 Å². The third kappa shape index (κ3) is 2.67. The Labute approximate surface area is 145 Å². The smallest absolute Gasteiger partial charge is 0.195 e. The maximum Gasteiger partial charge on any atom is 0.195 e. The predicted octanol–water partition coefficient (Wildman–Crippen LogP) is 4.02. The Hall–Kier alpha value is -2.45. The van der Waals surface area contributed by atoms with Gasteiger partial charge in [0.2, 0.25) is 0 Å². The summed E-state index contributed by atoms with van der Waals surface area (Å²) < 4.78 is 49.4. The largest absolute Gasteiger partial charge is 0.354 e. The van der Waals surface area contributed by atoms with E-state index in [9.17, 15) is 13.2 Å². The lowest BCUT2D eigenvalue weighted by molar-refractivity contribution is 0.255. The zero-order chi connectivity index (χ0) is 17.6. The summed E-state index contributed by atoms with van der Waals surface area (Å²) in [5.74, 6) is -1.92. The second-order valence-corrected chi connectivity index (χ2v) is 6.17. The van der Waals surface area contributed by atoms with Gasteiger partial charge in [-0.05, 0) is 24.4 Å². The molecule has 0 aliphatic carbocycles. The molecule has 1 N–H and O–H groups in total. The van der Waals surface area contributed by atoms with Crippen LogP contribution in [0.1, 0.15) is 17.2 Å². The van der Waals surface area contributed by atoms with Crippen molar-refractivity contribution >= 4 is 12.2 Å². The average Bonchev–Trinajstić information content (AvgIpc) is 3.14. The van der Waals surface area contributed by atoms with Gasteiger partial charge in [-0.25, -0.2) is 17.9 Å². The van der Waals surface area contributed by atoms with Crippen molar-refractivity contribution in [2.75, 3.05) is 0 Å². The molecule has 0 spiro atoms. The SMILES string of the molecule is Fc1ccc([C@@]2(Cn3nc[nH]c3=S)O[C@@H]2c2ccccc2F)c(F)c1. The van der Waals surface area contributed by atoms with E-state index in [2.05, 4.69) is 10.1 Å². The summed E-state index contributed by atoms with van der Waals surface area (Å²) in [7, 11) is 0. The number of nitrogens with zero attached hydrogens (tertiary/aromatic N) is 2. The first-order valence-corrected chi connectivity index (χ1v) is 7.90. The highest BCUT2D eigenvalue weighted by atomic mass is 32.1. The molecule has 1 saturated heterocycles. The summed E-state index contributed by atoms with van der Waals surface area (Å²) in [5.41, 5.74) is -0.784. The summed E-state index contributed by atoms with van der Waals surface area (Å²) >= 11 is 5.13. The van der Waals surface area contributed by atoms with Crippen LogP contribution >= 0.6 is 12.2 Å². The van der Waals surface area contributed by atoms with Crippen molar-refractivity contribution in [3.63, 3.8) is 0 Å². The van der Waals surface area contributed by atoms with Crippen LogP contribution in [0.2, 0.25) is 0 Å². The van der Waals surface area contributed by atoms with E-state index in [1.54, 1.807) is 18.2 Å². The monoisotopic (exact) mass is 363 g/mol. The van der Waals surface area contributed by atoms with Gasteiger partial charge in [-0.15, -0.1) is 0 Å². The molecule has 2 heterocycles. The number of hydrogen-bond donors (Lipinski definition) is 1. The zero-order valence-corrected chi connectivity index (χ0v) is 13.6. The number of ether oxygens (including phenoxy) is 1. The van der Waals surface area contributed by atoms with Gasteiger partial charge in [0, 0.05) is 17.2 Å². The van der Waals surface area contributed by atoms with Gasteiger partial charge in [0.05, 0.1) is 6.54 Å². The van der Waals surface area contributed by atoms with Gasteiger partial charge >= 0.3 is 0 Å². The number of nitrogens with one attached hydrogen (secondary N) is 1. The van der Waals surface area contributed by atoms with Crippen LogP contribution in [0.5, 0.6) is 0 Å².